The van der Waals surface area contributed by atoms with Crippen LogP contribution in [0.4, 0.5) is 4.79 Å². The molecule has 4 heteroatoms. The summed E-state index contributed by atoms with van der Waals surface area (Å²) in [6.07, 6.45) is 6.23. The van der Waals surface area contributed by atoms with Crippen LogP contribution in [-0.2, 0) is 4.74 Å². The van der Waals surface area contributed by atoms with Gasteiger partial charge in [-0.05, 0) is 47.6 Å². The van der Waals surface area contributed by atoms with E-state index < -0.39 is 5.60 Å². The monoisotopic (exact) mass is 300 g/mol. The summed E-state index contributed by atoms with van der Waals surface area (Å²) in [5.74, 6) is 0. The number of nitrogens with zero attached hydrogens (tertiary/aromatic N) is 1. The fraction of sp³-hybridized carbons (Fsp3) is 0.941. The lowest BCUT2D eigenvalue weighted by Crippen LogP contribution is -2.44. The number of hydrogen-bond acceptors (Lipinski definition) is 3. The molecule has 0 unspecified atom stereocenters. The van der Waals surface area contributed by atoms with Crippen LogP contribution in [-0.4, -0.2) is 42.3 Å². The van der Waals surface area contributed by atoms with E-state index in [9.17, 15) is 4.79 Å². The molecule has 0 aromatic heterocycles. The van der Waals surface area contributed by atoms with Gasteiger partial charge in [-0.15, -0.1) is 0 Å². The van der Waals surface area contributed by atoms with Gasteiger partial charge in [-0.2, -0.15) is 0 Å². The maximum absolute atomic E-state index is 12.1. The van der Waals surface area contributed by atoms with Gasteiger partial charge in [-0.3, -0.25) is 0 Å². The van der Waals surface area contributed by atoms with E-state index in [0.29, 0.717) is 6.54 Å². The summed E-state index contributed by atoms with van der Waals surface area (Å²) in [5, 5.41) is 3.42. The van der Waals surface area contributed by atoms with Crippen molar-refractivity contribution < 1.29 is 9.53 Å². The molecule has 0 bridgehead atoms. The summed E-state index contributed by atoms with van der Waals surface area (Å²) in [7, 11) is 0. The van der Waals surface area contributed by atoms with Crippen LogP contribution in [0.25, 0.3) is 0 Å². The van der Waals surface area contributed by atoms with E-state index in [1.165, 1.54) is 32.1 Å². The molecule has 0 aliphatic heterocycles. The van der Waals surface area contributed by atoms with Crippen molar-refractivity contribution in [3.8, 4) is 0 Å². The average molecular weight is 300 g/mol. The Hall–Kier alpha value is -0.770. The summed E-state index contributed by atoms with van der Waals surface area (Å²) >= 11 is 0. The second-order valence-electron chi connectivity index (χ2n) is 6.93. The molecule has 0 aliphatic rings. The zero-order chi connectivity index (χ0) is 16.3. The van der Waals surface area contributed by atoms with Crippen molar-refractivity contribution in [2.75, 3.05) is 19.6 Å². The zero-order valence-electron chi connectivity index (χ0n) is 15.0. The van der Waals surface area contributed by atoms with Crippen LogP contribution in [0.3, 0.4) is 0 Å². The molecule has 0 saturated heterocycles. The molecule has 0 atom stereocenters. The van der Waals surface area contributed by atoms with Gasteiger partial charge in [0.15, 0.2) is 0 Å². The molecule has 4 nitrogen and oxygen atoms in total. The Morgan fingerprint density at radius 2 is 1.71 bits per heavy atom. The third kappa shape index (κ3) is 11.6. The zero-order valence-corrected chi connectivity index (χ0v) is 15.0. The lowest BCUT2D eigenvalue weighted by molar-refractivity contribution is 0.0194. The van der Waals surface area contributed by atoms with E-state index in [1.807, 2.05) is 34.6 Å². The third-order valence-electron chi connectivity index (χ3n) is 3.24. The van der Waals surface area contributed by atoms with Gasteiger partial charge in [0.1, 0.15) is 5.60 Å². The van der Waals surface area contributed by atoms with Gasteiger partial charge in [0.05, 0.1) is 0 Å². The highest BCUT2D eigenvalue weighted by molar-refractivity contribution is 5.68. The first-order chi connectivity index (χ1) is 9.78. The lowest BCUT2D eigenvalue weighted by Gasteiger charge is -2.30. The van der Waals surface area contributed by atoms with E-state index in [0.717, 1.165) is 13.1 Å². The van der Waals surface area contributed by atoms with E-state index in [1.54, 1.807) is 4.90 Å². The second kappa shape index (κ2) is 10.9. The number of carbonyl (C=O) groups is 1. The predicted molar refractivity (Wildman–Crippen MR) is 89.7 cm³/mol. The van der Waals surface area contributed by atoms with Gasteiger partial charge in [-0.25, -0.2) is 4.79 Å². The average Bonchev–Trinajstić information content (AvgIpc) is 2.34. The Morgan fingerprint density at radius 1 is 1.10 bits per heavy atom. The first-order valence-electron chi connectivity index (χ1n) is 8.48. The van der Waals surface area contributed by atoms with Crippen molar-refractivity contribution in [2.45, 2.75) is 85.3 Å². The number of carbonyl (C=O) groups excluding carboxylic acids is 1. The van der Waals surface area contributed by atoms with Crippen LogP contribution in [0.1, 0.15) is 73.6 Å². The van der Waals surface area contributed by atoms with Gasteiger partial charge < -0.3 is 15.0 Å². The first-order valence-corrected chi connectivity index (χ1v) is 8.48. The molecule has 0 fully saturated rings. The molecular formula is C17H36N2O2. The smallest absolute Gasteiger partial charge is 0.410 e. The van der Waals surface area contributed by atoms with Crippen molar-refractivity contribution >= 4 is 6.09 Å². The highest BCUT2D eigenvalue weighted by Crippen LogP contribution is 2.11. The summed E-state index contributed by atoms with van der Waals surface area (Å²) in [6, 6.07) is 0.159. The molecule has 0 aromatic carbocycles. The number of hydrogen-bond donors (Lipinski definition) is 1. The van der Waals surface area contributed by atoms with Crippen molar-refractivity contribution in [1.82, 2.24) is 10.2 Å². The van der Waals surface area contributed by atoms with E-state index in [2.05, 4.69) is 12.2 Å². The molecule has 1 amide bonds. The number of amides is 1. The molecular weight excluding hydrogens is 264 g/mol. The van der Waals surface area contributed by atoms with Gasteiger partial charge in [-0.1, -0.05) is 32.6 Å². The Kier molecular flexibility index (Phi) is 10.5. The minimum atomic E-state index is -0.434. The number of unbranched alkanes of at least 4 members (excludes halogenated alkanes) is 4. The molecule has 126 valence electrons. The summed E-state index contributed by atoms with van der Waals surface area (Å²) in [6.45, 7) is 14.5. The minimum absolute atomic E-state index is 0.159. The summed E-state index contributed by atoms with van der Waals surface area (Å²) < 4.78 is 5.44. The Balaban J connectivity index is 3.88. The molecule has 0 radical (unpaired) electrons. The summed E-state index contributed by atoms with van der Waals surface area (Å²) in [4.78, 5) is 13.9. The third-order valence-corrected chi connectivity index (χ3v) is 3.24. The molecule has 0 aliphatic carbocycles. The van der Waals surface area contributed by atoms with E-state index >= 15 is 0 Å². The minimum Gasteiger partial charge on any atom is -0.444 e. The molecule has 21 heavy (non-hydrogen) atoms. The molecule has 0 heterocycles. The fourth-order valence-electron chi connectivity index (χ4n) is 2.06. The first kappa shape index (κ1) is 20.2. The Morgan fingerprint density at radius 3 is 2.24 bits per heavy atom. The SMILES string of the molecule is CCCCCCCNCCN(C(=O)OC(C)(C)C)C(C)C. The van der Waals surface area contributed by atoms with Gasteiger partial charge >= 0.3 is 6.09 Å². The maximum Gasteiger partial charge on any atom is 0.410 e. The lowest BCUT2D eigenvalue weighted by atomic mass is 10.1. The predicted octanol–water partition coefficient (Wildman–Crippen LogP) is 4.19. The van der Waals surface area contributed by atoms with Crippen molar-refractivity contribution in [3.63, 3.8) is 0 Å². The fourth-order valence-corrected chi connectivity index (χ4v) is 2.06. The van der Waals surface area contributed by atoms with Crippen LogP contribution in [0, 0.1) is 0 Å². The van der Waals surface area contributed by atoms with Crippen molar-refractivity contribution in [2.24, 2.45) is 0 Å². The number of rotatable bonds is 10. The molecule has 0 rings (SSSR count). The normalized spacial score (nSPS) is 11.8. The van der Waals surface area contributed by atoms with Gasteiger partial charge in [0.25, 0.3) is 0 Å². The standard InChI is InChI=1S/C17H36N2O2/c1-7-8-9-10-11-12-18-13-14-19(15(2)3)16(20)21-17(4,5)6/h15,18H,7-14H2,1-6H3. The molecule has 0 aromatic rings. The maximum atomic E-state index is 12.1. The van der Waals surface area contributed by atoms with Crippen LogP contribution in [0.5, 0.6) is 0 Å². The largest absolute Gasteiger partial charge is 0.444 e. The molecule has 0 saturated carbocycles. The van der Waals surface area contributed by atoms with Crippen LogP contribution < -0.4 is 5.32 Å². The Bertz CT molecular complexity index is 272. The molecule has 1 N–H and O–H groups in total. The van der Waals surface area contributed by atoms with Crippen LogP contribution in [0.15, 0.2) is 0 Å². The second-order valence-corrected chi connectivity index (χ2v) is 6.93. The summed E-state index contributed by atoms with van der Waals surface area (Å²) in [5.41, 5.74) is -0.434. The Labute approximate surface area is 131 Å². The highest BCUT2D eigenvalue weighted by atomic mass is 16.6. The van der Waals surface area contributed by atoms with E-state index in [-0.39, 0.29) is 12.1 Å². The number of ether oxygens (including phenoxy) is 1. The van der Waals surface area contributed by atoms with Gasteiger partial charge in [0.2, 0.25) is 0 Å². The topological polar surface area (TPSA) is 41.6 Å². The van der Waals surface area contributed by atoms with Gasteiger partial charge in [0, 0.05) is 19.1 Å². The van der Waals surface area contributed by atoms with E-state index in [4.69, 9.17) is 4.74 Å². The van der Waals surface area contributed by atoms with Crippen LogP contribution >= 0.6 is 0 Å². The number of nitrogens with one attached hydrogen (secondary N) is 1. The van der Waals surface area contributed by atoms with Crippen molar-refractivity contribution in [1.29, 1.82) is 0 Å². The highest BCUT2D eigenvalue weighted by Gasteiger charge is 2.23. The quantitative estimate of drug-likeness (QED) is 0.615. The molecule has 0 spiro atoms. The van der Waals surface area contributed by atoms with Crippen molar-refractivity contribution in [3.05, 3.63) is 0 Å². The van der Waals surface area contributed by atoms with Crippen LogP contribution in [0.2, 0.25) is 0 Å².